The molecular weight excluding hydrogens is 410 g/mol. The number of fused-ring (bicyclic) bond motifs is 2. The predicted octanol–water partition coefficient (Wildman–Crippen LogP) is 4.66. The Labute approximate surface area is 198 Å². The molecule has 2 aromatic carbocycles. The standard InChI is InChI=1S/C28H37N3O2/c1-2-33-27(32)31-16-12-25(13-17-31)30-18-14-28(15-19-30)22-29(20-23-8-4-3-5-9-23)21-24-10-6-7-11-26(24)28/h3-11,25H,2,12-22H2,1H3. The molecule has 5 heteroatoms. The smallest absolute Gasteiger partial charge is 0.409 e. The van der Waals surface area contributed by atoms with E-state index in [4.69, 9.17) is 4.74 Å². The Balaban J connectivity index is 1.24. The lowest BCUT2D eigenvalue weighted by Gasteiger charge is -2.50. The highest BCUT2D eigenvalue weighted by Gasteiger charge is 2.43. The molecule has 1 spiro atoms. The number of carbonyl (C=O) groups excluding carboxylic acids is 1. The SMILES string of the molecule is CCOC(=O)N1CCC(N2CCC3(CC2)CN(Cc2ccccc2)Cc2ccccc23)CC1. The summed E-state index contributed by atoms with van der Waals surface area (Å²) in [7, 11) is 0. The Hall–Kier alpha value is -2.37. The number of rotatable bonds is 4. The second kappa shape index (κ2) is 9.86. The van der Waals surface area contributed by atoms with Gasteiger partial charge in [-0.2, -0.15) is 0 Å². The van der Waals surface area contributed by atoms with Crippen molar-refractivity contribution in [1.82, 2.24) is 14.7 Å². The monoisotopic (exact) mass is 447 g/mol. The highest BCUT2D eigenvalue weighted by atomic mass is 16.6. The topological polar surface area (TPSA) is 36.0 Å². The lowest BCUT2D eigenvalue weighted by Crippen LogP contribution is -2.55. The summed E-state index contributed by atoms with van der Waals surface area (Å²) in [5.74, 6) is 0. The van der Waals surface area contributed by atoms with Gasteiger partial charge in [-0.15, -0.1) is 0 Å². The summed E-state index contributed by atoms with van der Waals surface area (Å²) in [6.45, 7) is 9.48. The van der Waals surface area contributed by atoms with Crippen LogP contribution in [0, 0.1) is 0 Å². The number of likely N-dealkylation sites (tertiary alicyclic amines) is 2. The maximum Gasteiger partial charge on any atom is 0.409 e. The Bertz CT molecular complexity index is 931. The fraction of sp³-hybridized carbons (Fsp3) is 0.536. The van der Waals surface area contributed by atoms with Gasteiger partial charge in [0.1, 0.15) is 0 Å². The van der Waals surface area contributed by atoms with E-state index in [2.05, 4.69) is 64.4 Å². The number of hydrogen-bond acceptors (Lipinski definition) is 4. The van der Waals surface area contributed by atoms with Gasteiger partial charge in [-0.05, 0) is 62.4 Å². The lowest BCUT2D eigenvalue weighted by atomic mass is 9.68. The zero-order chi connectivity index (χ0) is 22.7. The largest absolute Gasteiger partial charge is 0.450 e. The maximum absolute atomic E-state index is 12.0. The Morgan fingerprint density at radius 2 is 1.67 bits per heavy atom. The van der Waals surface area contributed by atoms with Gasteiger partial charge in [0.2, 0.25) is 0 Å². The van der Waals surface area contributed by atoms with Gasteiger partial charge in [0.15, 0.2) is 0 Å². The van der Waals surface area contributed by atoms with E-state index in [-0.39, 0.29) is 11.5 Å². The molecule has 3 aliphatic rings. The average molecular weight is 448 g/mol. The van der Waals surface area contributed by atoms with Crippen LogP contribution in [0.25, 0.3) is 0 Å². The van der Waals surface area contributed by atoms with Crippen molar-refractivity contribution < 1.29 is 9.53 Å². The van der Waals surface area contributed by atoms with Crippen molar-refractivity contribution in [2.24, 2.45) is 0 Å². The van der Waals surface area contributed by atoms with Gasteiger partial charge in [-0.1, -0.05) is 54.6 Å². The van der Waals surface area contributed by atoms with Crippen molar-refractivity contribution in [3.8, 4) is 0 Å². The Morgan fingerprint density at radius 3 is 2.39 bits per heavy atom. The third-order valence-electron chi connectivity index (χ3n) is 8.02. The van der Waals surface area contributed by atoms with Crippen LogP contribution >= 0.6 is 0 Å². The highest BCUT2D eigenvalue weighted by Crippen LogP contribution is 2.43. The zero-order valence-corrected chi connectivity index (χ0v) is 19.9. The Kier molecular flexibility index (Phi) is 6.70. The number of hydrogen-bond donors (Lipinski definition) is 0. The van der Waals surface area contributed by atoms with Gasteiger partial charge in [0.05, 0.1) is 6.61 Å². The fourth-order valence-corrected chi connectivity index (χ4v) is 6.31. The fourth-order valence-electron chi connectivity index (χ4n) is 6.31. The summed E-state index contributed by atoms with van der Waals surface area (Å²) in [6.07, 6.45) is 4.40. The van der Waals surface area contributed by atoms with Crippen LogP contribution in [0.15, 0.2) is 54.6 Å². The van der Waals surface area contributed by atoms with Crippen LogP contribution in [-0.4, -0.2) is 66.2 Å². The van der Waals surface area contributed by atoms with Gasteiger partial charge < -0.3 is 14.5 Å². The van der Waals surface area contributed by atoms with Crippen molar-refractivity contribution in [2.45, 2.75) is 57.2 Å². The molecule has 0 saturated carbocycles. The van der Waals surface area contributed by atoms with Gasteiger partial charge in [-0.25, -0.2) is 4.79 Å². The van der Waals surface area contributed by atoms with Crippen molar-refractivity contribution >= 4 is 6.09 Å². The molecule has 5 rings (SSSR count). The van der Waals surface area contributed by atoms with Gasteiger partial charge in [-0.3, -0.25) is 4.90 Å². The van der Waals surface area contributed by atoms with Crippen molar-refractivity contribution in [3.05, 3.63) is 71.3 Å². The first-order chi connectivity index (χ1) is 16.2. The molecule has 5 nitrogen and oxygen atoms in total. The summed E-state index contributed by atoms with van der Waals surface area (Å²) in [4.78, 5) is 19.3. The van der Waals surface area contributed by atoms with Crippen LogP contribution in [0.3, 0.4) is 0 Å². The lowest BCUT2D eigenvalue weighted by molar-refractivity contribution is 0.0422. The molecule has 0 aromatic heterocycles. The first-order valence-electron chi connectivity index (χ1n) is 12.7. The number of carbonyl (C=O) groups is 1. The molecule has 0 radical (unpaired) electrons. The van der Waals surface area contributed by atoms with Crippen LogP contribution in [0.4, 0.5) is 4.79 Å². The second-order valence-electron chi connectivity index (χ2n) is 10.0. The van der Waals surface area contributed by atoms with E-state index in [9.17, 15) is 4.79 Å². The molecule has 0 bridgehead atoms. The normalized spacial score (nSPS) is 21.7. The minimum Gasteiger partial charge on any atom is -0.450 e. The molecule has 33 heavy (non-hydrogen) atoms. The van der Waals surface area contributed by atoms with Crippen LogP contribution < -0.4 is 0 Å². The van der Waals surface area contributed by atoms with E-state index < -0.39 is 0 Å². The molecule has 2 fully saturated rings. The minimum absolute atomic E-state index is 0.147. The van der Waals surface area contributed by atoms with Crippen molar-refractivity contribution in [1.29, 1.82) is 0 Å². The Morgan fingerprint density at radius 1 is 0.970 bits per heavy atom. The van der Waals surface area contributed by atoms with Gasteiger partial charge in [0.25, 0.3) is 0 Å². The quantitative estimate of drug-likeness (QED) is 0.683. The van der Waals surface area contributed by atoms with E-state index in [0.717, 1.165) is 58.7 Å². The van der Waals surface area contributed by atoms with Gasteiger partial charge >= 0.3 is 6.09 Å². The van der Waals surface area contributed by atoms with Crippen LogP contribution in [0.1, 0.15) is 49.3 Å². The van der Waals surface area contributed by atoms with E-state index in [0.29, 0.717) is 12.6 Å². The minimum atomic E-state index is -0.147. The molecule has 2 saturated heterocycles. The molecule has 0 atom stereocenters. The van der Waals surface area contributed by atoms with E-state index in [1.54, 1.807) is 5.56 Å². The third-order valence-corrected chi connectivity index (χ3v) is 8.02. The molecule has 0 N–H and O–H groups in total. The summed E-state index contributed by atoms with van der Waals surface area (Å²) in [5, 5.41) is 0. The predicted molar refractivity (Wildman–Crippen MR) is 131 cm³/mol. The van der Waals surface area contributed by atoms with Crippen LogP contribution in [0.5, 0.6) is 0 Å². The molecule has 1 amide bonds. The first-order valence-corrected chi connectivity index (χ1v) is 12.7. The zero-order valence-electron chi connectivity index (χ0n) is 19.9. The third kappa shape index (κ3) is 4.80. The molecular formula is C28H37N3O2. The van der Waals surface area contributed by atoms with E-state index in [1.165, 1.54) is 24.0 Å². The molecule has 0 unspecified atom stereocenters. The molecule has 0 aliphatic carbocycles. The van der Waals surface area contributed by atoms with E-state index >= 15 is 0 Å². The summed E-state index contributed by atoms with van der Waals surface area (Å²) in [5.41, 5.74) is 4.76. The molecule has 3 aliphatic heterocycles. The first kappa shape index (κ1) is 22.4. The van der Waals surface area contributed by atoms with Crippen molar-refractivity contribution in [2.75, 3.05) is 39.3 Å². The second-order valence-corrected chi connectivity index (χ2v) is 10.0. The van der Waals surface area contributed by atoms with Crippen molar-refractivity contribution in [3.63, 3.8) is 0 Å². The molecule has 2 aromatic rings. The number of nitrogens with zero attached hydrogens (tertiary/aromatic N) is 3. The number of ether oxygens (including phenoxy) is 1. The summed E-state index contributed by atoms with van der Waals surface area (Å²) >= 11 is 0. The summed E-state index contributed by atoms with van der Waals surface area (Å²) < 4.78 is 5.19. The van der Waals surface area contributed by atoms with Gasteiger partial charge in [0, 0.05) is 44.2 Å². The number of benzene rings is 2. The van der Waals surface area contributed by atoms with E-state index in [1.807, 2.05) is 11.8 Å². The highest BCUT2D eigenvalue weighted by molar-refractivity contribution is 5.67. The van der Waals surface area contributed by atoms with Crippen LogP contribution in [-0.2, 0) is 23.2 Å². The summed E-state index contributed by atoms with van der Waals surface area (Å²) in [6, 6.07) is 20.6. The number of amides is 1. The molecule has 3 heterocycles. The van der Waals surface area contributed by atoms with Crippen LogP contribution in [0.2, 0.25) is 0 Å². The average Bonchev–Trinajstić information content (AvgIpc) is 2.86. The number of piperidine rings is 2. The molecule has 176 valence electrons. The maximum atomic E-state index is 12.0.